The Bertz CT molecular complexity index is 2580. The van der Waals surface area contributed by atoms with Crippen LogP contribution in [0.25, 0.3) is 66.8 Å². The lowest BCUT2D eigenvalue weighted by molar-refractivity contribution is 0.411. The number of aryl methyl sites for hydroxylation is 1. The lowest BCUT2D eigenvalue weighted by atomic mass is 9.80. The largest absolute Gasteiger partial charge is 0.507 e. The van der Waals surface area contributed by atoms with Gasteiger partial charge in [0.1, 0.15) is 11.6 Å². The maximum atomic E-state index is 11.5. The van der Waals surface area contributed by atoms with Gasteiger partial charge in [0.15, 0.2) is 0 Å². The first-order valence-electron chi connectivity index (χ1n) is 19.5. The summed E-state index contributed by atoms with van der Waals surface area (Å²) in [5.41, 5.74) is 14.0. The molecule has 5 nitrogen and oxygen atoms in total. The summed E-state index contributed by atoms with van der Waals surface area (Å²) in [5, 5.41) is 12.7. The number of hydrogen-bond acceptors (Lipinski definition) is 4. The fourth-order valence-electron chi connectivity index (χ4n) is 7.53. The molecule has 5 heteroatoms. The molecule has 0 fully saturated rings. The fraction of sp³-hybridized carbons (Fsp3) is 0.340. The minimum Gasteiger partial charge on any atom is -0.507 e. The first-order valence-corrected chi connectivity index (χ1v) is 19.5. The normalized spacial score (nSPS) is 12.9. The van der Waals surface area contributed by atoms with Gasteiger partial charge in [-0.2, -0.15) is 0 Å². The molecule has 7 rings (SSSR count). The van der Waals surface area contributed by atoms with Crippen molar-refractivity contribution in [3.63, 3.8) is 0 Å². The van der Waals surface area contributed by atoms with Crippen molar-refractivity contribution in [2.75, 3.05) is 0 Å². The number of pyridine rings is 2. The lowest BCUT2D eigenvalue weighted by Crippen LogP contribution is -2.23. The van der Waals surface area contributed by atoms with E-state index in [9.17, 15) is 5.11 Å². The topological polar surface area (TPSA) is 63.8 Å². The van der Waals surface area contributed by atoms with Crippen LogP contribution in [0.5, 0.6) is 5.75 Å². The van der Waals surface area contributed by atoms with Gasteiger partial charge in [-0.05, 0) is 138 Å². The Labute approximate surface area is 327 Å². The second-order valence-corrected chi connectivity index (χ2v) is 19.4. The molecular formula is C50H56N4O. The molecule has 0 spiro atoms. The van der Waals surface area contributed by atoms with E-state index in [1.165, 1.54) is 22.1 Å². The van der Waals surface area contributed by atoms with Gasteiger partial charge < -0.3 is 9.67 Å². The Morgan fingerprint density at radius 2 is 1.15 bits per heavy atom. The summed E-state index contributed by atoms with van der Waals surface area (Å²) in [6, 6.07) is 30.2. The molecule has 282 valence electrons. The Hall–Kier alpha value is -5.29. The number of imidazole rings is 1. The number of rotatable bonds is 4. The van der Waals surface area contributed by atoms with Gasteiger partial charge in [0.05, 0.1) is 27.8 Å². The molecule has 0 radical (unpaired) electrons. The highest BCUT2D eigenvalue weighted by atomic mass is 16.3. The molecule has 3 aromatic heterocycles. The average Bonchev–Trinajstić information content (AvgIpc) is 3.50. The van der Waals surface area contributed by atoms with Gasteiger partial charge in [-0.1, -0.05) is 86.6 Å². The van der Waals surface area contributed by atoms with Gasteiger partial charge in [0.25, 0.3) is 0 Å². The molecule has 0 aliphatic rings. The highest BCUT2D eigenvalue weighted by molar-refractivity contribution is 6.01. The molecule has 7 aromatic rings. The van der Waals surface area contributed by atoms with Crippen LogP contribution in [-0.4, -0.2) is 24.6 Å². The maximum Gasteiger partial charge on any atom is 0.145 e. The van der Waals surface area contributed by atoms with E-state index in [0.717, 1.165) is 67.0 Å². The van der Waals surface area contributed by atoms with Gasteiger partial charge in [-0.15, -0.1) is 0 Å². The summed E-state index contributed by atoms with van der Waals surface area (Å²) in [5.74, 6) is 0.951. The number of phenols is 1. The Balaban J connectivity index is 1.62. The van der Waals surface area contributed by atoms with Crippen LogP contribution in [0.2, 0.25) is 0 Å². The first kappa shape index (κ1) is 38.0. The predicted octanol–water partition coefficient (Wildman–Crippen LogP) is 13.3. The van der Waals surface area contributed by atoms with Gasteiger partial charge in [0.2, 0.25) is 0 Å². The fourth-order valence-corrected chi connectivity index (χ4v) is 7.53. The van der Waals surface area contributed by atoms with E-state index in [-0.39, 0.29) is 27.5 Å². The Morgan fingerprint density at radius 3 is 1.75 bits per heavy atom. The van der Waals surface area contributed by atoms with Crippen LogP contribution in [0.1, 0.15) is 105 Å². The van der Waals surface area contributed by atoms with E-state index in [1.54, 1.807) is 0 Å². The van der Waals surface area contributed by atoms with Crippen molar-refractivity contribution in [2.45, 2.75) is 112 Å². The van der Waals surface area contributed by atoms with Crippen LogP contribution in [0.15, 0.2) is 97.3 Å². The second kappa shape index (κ2) is 13.2. The van der Waals surface area contributed by atoms with Crippen molar-refractivity contribution in [2.24, 2.45) is 0 Å². The summed E-state index contributed by atoms with van der Waals surface area (Å²) in [6.45, 7) is 29.0. The number of fused-ring (bicyclic) bond motifs is 2. The van der Waals surface area contributed by atoms with Crippen LogP contribution < -0.4 is 0 Å². The molecule has 4 aromatic carbocycles. The predicted molar refractivity (Wildman–Crippen MR) is 232 cm³/mol. The minimum atomic E-state index is -0.372. The zero-order valence-corrected chi connectivity index (χ0v) is 35.0. The van der Waals surface area contributed by atoms with Gasteiger partial charge in [-0.25, -0.2) is 4.98 Å². The number of benzene rings is 4. The van der Waals surface area contributed by atoms with Gasteiger partial charge in [-0.3, -0.25) is 9.97 Å². The molecule has 0 saturated carbocycles. The lowest BCUT2D eigenvalue weighted by Gasteiger charge is -2.26. The summed E-state index contributed by atoms with van der Waals surface area (Å²) in [7, 11) is 0. The van der Waals surface area contributed by atoms with Crippen LogP contribution >= 0.6 is 0 Å². The zero-order chi connectivity index (χ0) is 39.8. The molecule has 0 saturated heterocycles. The molecular weight excluding hydrogens is 673 g/mol. The van der Waals surface area contributed by atoms with Gasteiger partial charge >= 0.3 is 0 Å². The highest BCUT2D eigenvalue weighted by Crippen LogP contribution is 2.44. The Morgan fingerprint density at radius 1 is 0.527 bits per heavy atom. The quantitative estimate of drug-likeness (QED) is 0.196. The third-order valence-electron chi connectivity index (χ3n) is 10.8. The van der Waals surface area contributed by atoms with Crippen LogP contribution in [0.4, 0.5) is 0 Å². The van der Waals surface area contributed by atoms with Crippen molar-refractivity contribution in [1.29, 1.82) is 0 Å². The third-order valence-corrected chi connectivity index (χ3v) is 10.8. The SMILES string of the molecule is Cc1ccnc2c(-c3cc(-c4cc(-c5ccccn5)cc5c4nc(-c4cc(C(C)(C)C)ccc4O)n5C(C)(C)C)cc(C(C)(C)C)c3)cc(C(C)(C)C)cc12. The van der Waals surface area contributed by atoms with Crippen molar-refractivity contribution in [3.05, 3.63) is 120 Å². The third kappa shape index (κ3) is 7.17. The standard InChI is InChI=1S/C50H56N4O/c1-30-19-21-52-44-37(30)28-36(49(8,9)10)29-39(44)32-22-31(23-35(24-32)48(5,6)7)38-25-33(41-16-14-15-20-51-41)26-42-45(38)53-46(54(42)50(11,12)13)40-27-34(47(2,3)4)17-18-43(40)55/h14-29,55H,1-13H3. The summed E-state index contributed by atoms with van der Waals surface area (Å²) < 4.78 is 2.29. The van der Waals surface area contributed by atoms with Crippen molar-refractivity contribution >= 4 is 21.9 Å². The molecule has 0 amide bonds. The molecule has 55 heavy (non-hydrogen) atoms. The van der Waals surface area contributed by atoms with E-state index in [2.05, 4.69) is 155 Å². The molecule has 1 N–H and O–H groups in total. The van der Waals surface area contributed by atoms with Crippen molar-refractivity contribution in [1.82, 2.24) is 19.5 Å². The van der Waals surface area contributed by atoms with Crippen LogP contribution in [0, 0.1) is 6.92 Å². The van der Waals surface area contributed by atoms with Crippen LogP contribution in [0.3, 0.4) is 0 Å². The zero-order valence-electron chi connectivity index (χ0n) is 35.0. The molecule has 3 heterocycles. The molecule has 0 bridgehead atoms. The van der Waals surface area contributed by atoms with Crippen molar-refractivity contribution in [3.8, 4) is 50.6 Å². The Kier molecular flexibility index (Phi) is 9.11. The average molecular weight is 729 g/mol. The van der Waals surface area contributed by atoms with Crippen LogP contribution in [-0.2, 0) is 21.8 Å². The summed E-state index contributed by atoms with van der Waals surface area (Å²) in [4.78, 5) is 15.3. The molecule has 0 aliphatic carbocycles. The number of aromatic nitrogens is 4. The first-order chi connectivity index (χ1) is 25.6. The molecule has 0 atom stereocenters. The van der Waals surface area contributed by atoms with E-state index in [4.69, 9.17) is 15.0 Å². The number of nitrogens with zero attached hydrogens (tertiary/aromatic N) is 4. The molecule has 0 aliphatic heterocycles. The second-order valence-electron chi connectivity index (χ2n) is 19.4. The van der Waals surface area contributed by atoms with E-state index in [0.29, 0.717) is 0 Å². The summed E-state index contributed by atoms with van der Waals surface area (Å²) in [6.07, 6.45) is 3.78. The monoisotopic (exact) mass is 728 g/mol. The number of hydrogen-bond donors (Lipinski definition) is 1. The maximum absolute atomic E-state index is 11.5. The number of phenolic OH excluding ortho intramolecular Hbond substituents is 1. The minimum absolute atomic E-state index is 0.0507. The number of aromatic hydroxyl groups is 1. The van der Waals surface area contributed by atoms with Gasteiger partial charge in [0, 0.05) is 40.0 Å². The van der Waals surface area contributed by atoms with E-state index < -0.39 is 0 Å². The van der Waals surface area contributed by atoms with E-state index in [1.807, 2.05) is 36.7 Å². The summed E-state index contributed by atoms with van der Waals surface area (Å²) >= 11 is 0. The van der Waals surface area contributed by atoms with Crippen molar-refractivity contribution < 1.29 is 5.11 Å². The molecule has 0 unspecified atom stereocenters. The highest BCUT2D eigenvalue weighted by Gasteiger charge is 2.29. The smallest absolute Gasteiger partial charge is 0.145 e. The van der Waals surface area contributed by atoms with E-state index >= 15 is 0 Å².